The summed E-state index contributed by atoms with van der Waals surface area (Å²) in [4.78, 5) is 15.9. The molecule has 1 aromatic rings. The quantitative estimate of drug-likeness (QED) is 0.813. The van der Waals surface area contributed by atoms with Crippen molar-refractivity contribution < 1.29 is 9.90 Å². The van der Waals surface area contributed by atoms with Crippen molar-refractivity contribution in [3.05, 3.63) is 16.1 Å². The summed E-state index contributed by atoms with van der Waals surface area (Å²) in [7, 11) is 0. The fourth-order valence-corrected chi connectivity index (χ4v) is 2.09. The number of carbonyl (C=O) groups excluding carboxylic acids is 1. The van der Waals surface area contributed by atoms with Gasteiger partial charge in [0.2, 0.25) is 5.91 Å². The van der Waals surface area contributed by atoms with E-state index < -0.39 is 5.60 Å². The lowest BCUT2D eigenvalue weighted by Gasteiger charge is -2.25. The SMILES string of the molecule is CCC(O)(CC)CNC(=O)Cc1csc(C)n1. The Labute approximate surface area is 106 Å². The molecular weight excluding hydrogens is 236 g/mol. The van der Waals surface area contributed by atoms with E-state index in [9.17, 15) is 9.90 Å². The molecular formula is C12H20N2O2S. The van der Waals surface area contributed by atoms with Gasteiger partial charge in [0.25, 0.3) is 0 Å². The Morgan fingerprint density at radius 3 is 2.65 bits per heavy atom. The van der Waals surface area contributed by atoms with Crippen molar-refractivity contribution in [2.75, 3.05) is 6.54 Å². The number of amides is 1. The Bertz CT molecular complexity index is 372. The van der Waals surface area contributed by atoms with E-state index in [0.29, 0.717) is 19.4 Å². The van der Waals surface area contributed by atoms with Gasteiger partial charge in [0.1, 0.15) is 0 Å². The largest absolute Gasteiger partial charge is 0.388 e. The molecule has 0 aromatic carbocycles. The highest BCUT2D eigenvalue weighted by Gasteiger charge is 2.22. The van der Waals surface area contributed by atoms with Gasteiger partial charge >= 0.3 is 0 Å². The van der Waals surface area contributed by atoms with Crippen molar-refractivity contribution in [2.45, 2.75) is 45.6 Å². The number of aliphatic hydroxyl groups is 1. The molecule has 0 radical (unpaired) electrons. The van der Waals surface area contributed by atoms with Gasteiger partial charge < -0.3 is 10.4 Å². The molecule has 5 heteroatoms. The maximum atomic E-state index is 11.6. The van der Waals surface area contributed by atoms with Gasteiger partial charge in [-0.3, -0.25) is 4.79 Å². The number of rotatable bonds is 6. The first-order valence-corrected chi connectivity index (χ1v) is 6.77. The van der Waals surface area contributed by atoms with Crippen molar-refractivity contribution >= 4 is 17.2 Å². The molecule has 4 nitrogen and oxygen atoms in total. The highest BCUT2D eigenvalue weighted by atomic mass is 32.1. The van der Waals surface area contributed by atoms with Crippen molar-refractivity contribution in [1.29, 1.82) is 0 Å². The lowest BCUT2D eigenvalue weighted by atomic mass is 9.97. The predicted octanol–water partition coefficient (Wildman–Crippen LogP) is 1.66. The predicted molar refractivity (Wildman–Crippen MR) is 69.1 cm³/mol. The van der Waals surface area contributed by atoms with Crippen LogP contribution in [0.3, 0.4) is 0 Å². The Kier molecular flexibility index (Phi) is 5.08. The van der Waals surface area contributed by atoms with Gasteiger partial charge in [-0.25, -0.2) is 4.98 Å². The molecule has 0 saturated carbocycles. The maximum absolute atomic E-state index is 11.6. The molecule has 0 spiro atoms. The summed E-state index contributed by atoms with van der Waals surface area (Å²) in [6.07, 6.45) is 1.56. The molecule has 0 atom stereocenters. The van der Waals surface area contributed by atoms with Crippen LogP contribution >= 0.6 is 11.3 Å². The topological polar surface area (TPSA) is 62.2 Å². The first-order chi connectivity index (χ1) is 7.99. The highest BCUT2D eigenvalue weighted by Crippen LogP contribution is 2.13. The normalized spacial score (nSPS) is 11.5. The minimum atomic E-state index is -0.784. The summed E-state index contributed by atoms with van der Waals surface area (Å²) >= 11 is 1.54. The molecule has 0 saturated heterocycles. The molecule has 0 bridgehead atoms. The maximum Gasteiger partial charge on any atom is 0.226 e. The van der Waals surface area contributed by atoms with Crippen LogP contribution in [-0.4, -0.2) is 28.1 Å². The molecule has 17 heavy (non-hydrogen) atoms. The fraction of sp³-hybridized carbons (Fsp3) is 0.667. The Morgan fingerprint density at radius 1 is 1.53 bits per heavy atom. The summed E-state index contributed by atoms with van der Waals surface area (Å²) in [6.45, 7) is 6.06. The van der Waals surface area contributed by atoms with E-state index in [4.69, 9.17) is 0 Å². The zero-order chi connectivity index (χ0) is 12.9. The van der Waals surface area contributed by atoms with Crippen LogP contribution in [0.15, 0.2) is 5.38 Å². The van der Waals surface area contributed by atoms with Gasteiger partial charge in [0.15, 0.2) is 0 Å². The van der Waals surface area contributed by atoms with Gasteiger partial charge in [0.05, 0.1) is 22.7 Å². The van der Waals surface area contributed by atoms with Gasteiger partial charge in [-0.15, -0.1) is 11.3 Å². The zero-order valence-corrected chi connectivity index (χ0v) is 11.4. The van der Waals surface area contributed by atoms with E-state index in [-0.39, 0.29) is 12.3 Å². The Hall–Kier alpha value is -0.940. The number of aryl methyl sites for hydroxylation is 1. The monoisotopic (exact) mass is 256 g/mol. The first-order valence-electron chi connectivity index (χ1n) is 5.89. The smallest absolute Gasteiger partial charge is 0.226 e. The third-order valence-electron chi connectivity index (χ3n) is 2.94. The van der Waals surface area contributed by atoms with E-state index in [1.165, 1.54) is 11.3 Å². The summed E-state index contributed by atoms with van der Waals surface area (Å²) in [6, 6.07) is 0. The summed E-state index contributed by atoms with van der Waals surface area (Å²) in [5.41, 5.74) is 0.00901. The van der Waals surface area contributed by atoms with Crippen LogP contribution in [0.1, 0.15) is 37.4 Å². The van der Waals surface area contributed by atoms with Crippen molar-refractivity contribution in [3.8, 4) is 0 Å². The molecule has 0 fully saturated rings. The molecule has 0 aliphatic heterocycles. The van der Waals surface area contributed by atoms with Crippen molar-refractivity contribution in [3.63, 3.8) is 0 Å². The van der Waals surface area contributed by atoms with Gasteiger partial charge in [-0.1, -0.05) is 13.8 Å². The fourth-order valence-electron chi connectivity index (χ4n) is 1.48. The molecule has 1 rings (SSSR count). The molecule has 1 aromatic heterocycles. The van der Waals surface area contributed by atoms with E-state index >= 15 is 0 Å². The van der Waals surface area contributed by atoms with E-state index in [2.05, 4.69) is 10.3 Å². The highest BCUT2D eigenvalue weighted by molar-refractivity contribution is 7.09. The number of thiazole rings is 1. The summed E-state index contributed by atoms with van der Waals surface area (Å²) < 4.78 is 0. The van der Waals surface area contributed by atoms with Crippen molar-refractivity contribution in [1.82, 2.24) is 10.3 Å². The van der Waals surface area contributed by atoms with Gasteiger partial charge in [-0.05, 0) is 19.8 Å². The third kappa shape index (κ3) is 4.44. The second-order valence-electron chi connectivity index (χ2n) is 4.24. The third-order valence-corrected chi connectivity index (χ3v) is 3.76. The number of aromatic nitrogens is 1. The molecule has 1 amide bonds. The lowest BCUT2D eigenvalue weighted by Crippen LogP contribution is -2.42. The first kappa shape index (κ1) is 14.1. The van der Waals surface area contributed by atoms with Crippen LogP contribution < -0.4 is 5.32 Å². The van der Waals surface area contributed by atoms with Crippen molar-refractivity contribution in [2.24, 2.45) is 0 Å². The van der Waals surface area contributed by atoms with E-state index in [1.807, 2.05) is 26.2 Å². The molecule has 1 heterocycles. The van der Waals surface area contributed by atoms with Gasteiger partial charge in [-0.2, -0.15) is 0 Å². The van der Waals surface area contributed by atoms with E-state index in [1.54, 1.807) is 0 Å². The van der Waals surface area contributed by atoms with Crippen LogP contribution in [-0.2, 0) is 11.2 Å². The number of carbonyl (C=O) groups is 1. The Balaban J connectivity index is 2.40. The lowest BCUT2D eigenvalue weighted by molar-refractivity contribution is -0.121. The Morgan fingerprint density at radius 2 is 2.18 bits per heavy atom. The molecule has 0 unspecified atom stereocenters. The molecule has 96 valence electrons. The van der Waals surface area contributed by atoms with E-state index in [0.717, 1.165) is 10.7 Å². The standard InChI is InChI=1S/C12H20N2O2S/c1-4-12(16,5-2)8-13-11(15)6-10-7-17-9(3)14-10/h7,16H,4-6,8H2,1-3H3,(H,13,15). The van der Waals surface area contributed by atoms with Gasteiger partial charge in [0, 0.05) is 11.9 Å². The number of nitrogens with zero attached hydrogens (tertiary/aromatic N) is 1. The van der Waals surface area contributed by atoms with Crippen LogP contribution in [0.4, 0.5) is 0 Å². The second-order valence-corrected chi connectivity index (χ2v) is 5.31. The second kappa shape index (κ2) is 6.12. The number of nitrogens with one attached hydrogen (secondary N) is 1. The summed E-state index contributed by atoms with van der Waals surface area (Å²) in [5, 5.41) is 15.6. The molecule has 0 aliphatic carbocycles. The average Bonchev–Trinajstić information content (AvgIpc) is 2.72. The minimum absolute atomic E-state index is 0.0874. The van der Waals surface area contributed by atoms with Crippen LogP contribution in [0, 0.1) is 6.92 Å². The van der Waals surface area contributed by atoms with Crippen LogP contribution in [0.5, 0.6) is 0 Å². The minimum Gasteiger partial charge on any atom is -0.388 e. The van der Waals surface area contributed by atoms with Crippen LogP contribution in [0.2, 0.25) is 0 Å². The number of hydrogen-bond donors (Lipinski definition) is 2. The molecule has 0 aliphatic rings. The molecule has 2 N–H and O–H groups in total. The van der Waals surface area contributed by atoms with Crippen LogP contribution in [0.25, 0.3) is 0 Å². The average molecular weight is 256 g/mol. The zero-order valence-electron chi connectivity index (χ0n) is 10.6. The number of hydrogen-bond acceptors (Lipinski definition) is 4. The summed E-state index contributed by atoms with van der Waals surface area (Å²) in [5.74, 6) is -0.0874.